The van der Waals surface area contributed by atoms with Gasteiger partial charge >= 0.3 is 0 Å². The third kappa shape index (κ3) is 2.22. The maximum atomic E-state index is 12.2. The number of amides is 1. The van der Waals surface area contributed by atoms with E-state index in [1.54, 1.807) is 23.3 Å². The van der Waals surface area contributed by atoms with E-state index < -0.39 is 0 Å². The molecular weight excluding hydrogens is 256 g/mol. The van der Waals surface area contributed by atoms with Gasteiger partial charge in [0, 0.05) is 17.5 Å². The van der Waals surface area contributed by atoms with Crippen LogP contribution in [0.5, 0.6) is 0 Å². The second-order valence-electron chi connectivity index (χ2n) is 4.21. The van der Waals surface area contributed by atoms with Crippen molar-refractivity contribution >= 4 is 29.2 Å². The van der Waals surface area contributed by atoms with Crippen molar-refractivity contribution in [2.24, 2.45) is 4.99 Å². The van der Waals surface area contributed by atoms with E-state index in [0.717, 1.165) is 10.4 Å². The molecule has 2 aromatic rings. The number of thiophene rings is 1. The first-order chi connectivity index (χ1) is 9.25. The van der Waals surface area contributed by atoms with Crippen molar-refractivity contribution < 1.29 is 4.79 Å². The third-order valence-corrected chi connectivity index (χ3v) is 3.74. The van der Waals surface area contributed by atoms with E-state index in [-0.39, 0.29) is 5.91 Å². The van der Waals surface area contributed by atoms with Crippen LogP contribution in [-0.4, -0.2) is 23.7 Å². The van der Waals surface area contributed by atoms with E-state index in [1.807, 2.05) is 53.9 Å². The average Bonchev–Trinajstić information content (AvgIpc) is 3.04. The monoisotopic (exact) mass is 268 g/mol. The van der Waals surface area contributed by atoms with Crippen LogP contribution in [0.25, 0.3) is 6.08 Å². The summed E-state index contributed by atoms with van der Waals surface area (Å²) in [6.07, 6.45) is 1.83. The van der Waals surface area contributed by atoms with Gasteiger partial charge in [0.05, 0.1) is 0 Å². The van der Waals surface area contributed by atoms with Crippen LogP contribution < -0.4 is 0 Å². The van der Waals surface area contributed by atoms with Gasteiger partial charge in [-0.2, -0.15) is 0 Å². The first-order valence-corrected chi connectivity index (χ1v) is 6.81. The van der Waals surface area contributed by atoms with Crippen molar-refractivity contribution in [2.45, 2.75) is 0 Å². The predicted molar refractivity (Wildman–Crippen MR) is 78.0 cm³/mol. The molecule has 2 heterocycles. The summed E-state index contributed by atoms with van der Waals surface area (Å²) >= 11 is 1.59. The molecule has 1 aliphatic rings. The van der Waals surface area contributed by atoms with E-state index >= 15 is 0 Å². The molecule has 0 saturated carbocycles. The molecule has 1 amide bonds. The Morgan fingerprint density at radius 1 is 1.16 bits per heavy atom. The summed E-state index contributed by atoms with van der Waals surface area (Å²) in [5.41, 5.74) is 1.44. The molecule has 0 saturated heterocycles. The van der Waals surface area contributed by atoms with E-state index in [0.29, 0.717) is 11.5 Å². The van der Waals surface area contributed by atoms with Crippen LogP contribution in [0.2, 0.25) is 0 Å². The number of amidine groups is 1. The molecule has 1 aliphatic heterocycles. The zero-order valence-corrected chi connectivity index (χ0v) is 11.2. The molecule has 0 aliphatic carbocycles. The first-order valence-electron chi connectivity index (χ1n) is 5.93. The van der Waals surface area contributed by atoms with Gasteiger partial charge in [-0.05, 0) is 17.5 Å². The smallest absolute Gasteiger partial charge is 0.277 e. The highest BCUT2D eigenvalue weighted by atomic mass is 32.1. The fraction of sp³-hybridized carbons (Fsp3) is 0.0667. The Hall–Kier alpha value is -2.20. The summed E-state index contributed by atoms with van der Waals surface area (Å²) < 4.78 is 0. The van der Waals surface area contributed by atoms with E-state index in [4.69, 9.17) is 0 Å². The summed E-state index contributed by atoms with van der Waals surface area (Å²) in [5.74, 6) is 0.639. The van der Waals surface area contributed by atoms with Gasteiger partial charge in [0.25, 0.3) is 5.91 Å². The van der Waals surface area contributed by atoms with Crippen molar-refractivity contribution in [3.8, 4) is 0 Å². The second kappa shape index (κ2) is 4.82. The summed E-state index contributed by atoms with van der Waals surface area (Å²) in [6, 6.07) is 13.7. The second-order valence-corrected chi connectivity index (χ2v) is 5.19. The Labute approximate surface area is 115 Å². The van der Waals surface area contributed by atoms with Gasteiger partial charge < -0.3 is 0 Å². The molecule has 3 nitrogen and oxygen atoms in total. The molecule has 1 aromatic heterocycles. The van der Waals surface area contributed by atoms with Gasteiger partial charge in [-0.25, -0.2) is 4.99 Å². The summed E-state index contributed by atoms with van der Waals surface area (Å²) in [6.45, 7) is 0. The lowest BCUT2D eigenvalue weighted by molar-refractivity contribution is -0.121. The van der Waals surface area contributed by atoms with Crippen LogP contribution in [-0.2, 0) is 4.79 Å². The zero-order valence-electron chi connectivity index (χ0n) is 10.4. The number of hydrogen-bond acceptors (Lipinski definition) is 3. The molecule has 1 aromatic carbocycles. The fourth-order valence-electron chi connectivity index (χ4n) is 1.95. The van der Waals surface area contributed by atoms with Crippen LogP contribution in [0.15, 0.2) is 58.5 Å². The highest BCUT2D eigenvalue weighted by Gasteiger charge is 2.27. The van der Waals surface area contributed by atoms with Crippen LogP contribution in [0, 0.1) is 0 Å². The predicted octanol–water partition coefficient (Wildman–Crippen LogP) is 3.01. The van der Waals surface area contributed by atoms with E-state index in [9.17, 15) is 4.79 Å². The topological polar surface area (TPSA) is 32.7 Å². The van der Waals surface area contributed by atoms with Crippen LogP contribution in [0.4, 0.5) is 0 Å². The summed E-state index contributed by atoms with van der Waals surface area (Å²) in [4.78, 5) is 19.2. The quantitative estimate of drug-likeness (QED) is 0.771. The Balaban J connectivity index is 2.01. The Morgan fingerprint density at radius 3 is 2.63 bits per heavy atom. The number of aliphatic imine (C=N–C) groups is 1. The van der Waals surface area contributed by atoms with Crippen molar-refractivity contribution in [1.82, 2.24) is 4.90 Å². The largest absolute Gasteiger partial charge is 0.294 e. The van der Waals surface area contributed by atoms with Crippen LogP contribution in [0.1, 0.15) is 10.4 Å². The maximum absolute atomic E-state index is 12.2. The molecular formula is C15H12N2OS. The SMILES string of the molecule is CN1C(=O)/C(=C/c2cccs2)N=C1c1ccccc1. The van der Waals surface area contributed by atoms with Gasteiger partial charge in [0.15, 0.2) is 0 Å². The van der Waals surface area contributed by atoms with Crippen molar-refractivity contribution in [1.29, 1.82) is 0 Å². The maximum Gasteiger partial charge on any atom is 0.277 e. The van der Waals surface area contributed by atoms with E-state index in [1.165, 1.54) is 0 Å². The molecule has 3 rings (SSSR count). The molecule has 0 fully saturated rings. The number of nitrogens with zero attached hydrogens (tertiary/aromatic N) is 2. The highest BCUT2D eigenvalue weighted by molar-refractivity contribution is 7.10. The fourth-order valence-corrected chi connectivity index (χ4v) is 2.60. The Morgan fingerprint density at radius 2 is 1.95 bits per heavy atom. The van der Waals surface area contributed by atoms with Gasteiger partial charge in [0.1, 0.15) is 11.5 Å². The molecule has 0 radical (unpaired) electrons. The van der Waals surface area contributed by atoms with Gasteiger partial charge in [0.2, 0.25) is 0 Å². The minimum atomic E-state index is -0.0627. The van der Waals surface area contributed by atoms with Gasteiger partial charge in [-0.1, -0.05) is 36.4 Å². The first kappa shape index (κ1) is 11.9. The standard InChI is InChI=1S/C15H12N2OS/c1-17-14(11-6-3-2-4-7-11)16-13(15(17)18)10-12-8-5-9-19-12/h2-10H,1H3/b13-10-. The van der Waals surface area contributed by atoms with Crippen LogP contribution >= 0.6 is 11.3 Å². The summed E-state index contributed by atoms with van der Waals surface area (Å²) in [7, 11) is 1.75. The van der Waals surface area contributed by atoms with E-state index in [2.05, 4.69) is 4.99 Å². The number of likely N-dealkylation sites (N-methyl/N-ethyl adjacent to an activating group) is 1. The number of carbonyl (C=O) groups excluding carboxylic acids is 1. The number of benzene rings is 1. The van der Waals surface area contributed by atoms with Crippen molar-refractivity contribution in [3.05, 3.63) is 64.0 Å². The molecule has 4 heteroatoms. The average molecular weight is 268 g/mol. The lowest BCUT2D eigenvalue weighted by atomic mass is 10.2. The molecule has 94 valence electrons. The van der Waals surface area contributed by atoms with Crippen LogP contribution in [0.3, 0.4) is 0 Å². The molecule has 0 bridgehead atoms. The highest BCUT2D eigenvalue weighted by Crippen LogP contribution is 2.22. The minimum Gasteiger partial charge on any atom is -0.294 e. The lowest BCUT2D eigenvalue weighted by Gasteiger charge is -2.10. The van der Waals surface area contributed by atoms with Crippen molar-refractivity contribution in [2.75, 3.05) is 7.05 Å². The minimum absolute atomic E-state index is 0.0627. The molecule has 0 spiro atoms. The Bertz CT molecular complexity index is 657. The molecule has 0 unspecified atom stereocenters. The van der Waals surface area contributed by atoms with Gasteiger partial charge in [-0.15, -0.1) is 11.3 Å². The number of carbonyl (C=O) groups is 1. The molecule has 0 atom stereocenters. The van der Waals surface area contributed by atoms with Gasteiger partial charge in [-0.3, -0.25) is 9.69 Å². The zero-order chi connectivity index (χ0) is 13.2. The lowest BCUT2D eigenvalue weighted by Crippen LogP contribution is -2.28. The molecule has 0 N–H and O–H groups in total. The number of rotatable bonds is 2. The molecule has 19 heavy (non-hydrogen) atoms. The number of hydrogen-bond donors (Lipinski definition) is 0. The van der Waals surface area contributed by atoms with Crippen molar-refractivity contribution in [3.63, 3.8) is 0 Å². The summed E-state index contributed by atoms with van der Waals surface area (Å²) in [5, 5.41) is 1.98. The third-order valence-electron chi connectivity index (χ3n) is 2.92. The normalized spacial score (nSPS) is 17.1. The Kier molecular flexibility index (Phi) is 3.01.